The number of benzene rings is 1. The first-order valence-electron chi connectivity index (χ1n) is 6.22. The van der Waals surface area contributed by atoms with E-state index < -0.39 is 17.2 Å². The summed E-state index contributed by atoms with van der Waals surface area (Å²) < 4.78 is 49.1. The Morgan fingerprint density at radius 1 is 1.20 bits per heavy atom. The van der Waals surface area contributed by atoms with E-state index in [1.165, 1.54) is 13.2 Å². The summed E-state index contributed by atoms with van der Waals surface area (Å²) in [4.78, 5) is 10.8. The van der Waals surface area contributed by atoms with Gasteiger partial charge in [0.15, 0.2) is 11.5 Å². The molecule has 2 bridgehead atoms. The van der Waals surface area contributed by atoms with Gasteiger partial charge in [0.2, 0.25) is 0 Å². The van der Waals surface area contributed by atoms with Crippen LogP contribution in [0.3, 0.4) is 0 Å². The van der Waals surface area contributed by atoms with E-state index in [0.717, 1.165) is 0 Å². The molecule has 3 aliphatic rings. The summed E-state index contributed by atoms with van der Waals surface area (Å²) in [5.74, 6) is 0.744. The summed E-state index contributed by atoms with van der Waals surface area (Å²) in [6, 6.07) is 4.63. The van der Waals surface area contributed by atoms with Crippen LogP contribution in [0, 0.1) is 5.41 Å². The number of aldehydes is 1. The fourth-order valence-corrected chi connectivity index (χ4v) is 3.18. The summed E-state index contributed by atoms with van der Waals surface area (Å²) in [6.07, 6.45) is -3.55. The van der Waals surface area contributed by atoms with Crippen LogP contribution in [-0.2, 0) is 0 Å². The lowest BCUT2D eigenvalue weighted by Crippen LogP contribution is -2.75. The SMILES string of the molecule is COc1ccc(C=O)cc1OC12CC(C(F)(F)F)(C1)C2. The van der Waals surface area contributed by atoms with Crippen molar-refractivity contribution in [1.29, 1.82) is 0 Å². The first-order chi connectivity index (χ1) is 9.33. The summed E-state index contributed by atoms with van der Waals surface area (Å²) in [7, 11) is 1.45. The van der Waals surface area contributed by atoms with Crippen LogP contribution in [0.2, 0.25) is 0 Å². The Morgan fingerprint density at radius 2 is 1.85 bits per heavy atom. The van der Waals surface area contributed by atoms with Gasteiger partial charge in [-0.2, -0.15) is 13.2 Å². The van der Waals surface area contributed by atoms with Crippen molar-refractivity contribution in [3.05, 3.63) is 23.8 Å². The van der Waals surface area contributed by atoms with Crippen LogP contribution in [0.5, 0.6) is 11.5 Å². The third kappa shape index (κ3) is 1.70. The average Bonchev–Trinajstić information content (AvgIpc) is 2.29. The first kappa shape index (κ1) is 13.3. The molecule has 6 heteroatoms. The van der Waals surface area contributed by atoms with Crippen LogP contribution < -0.4 is 9.47 Å². The Kier molecular flexibility index (Phi) is 2.59. The molecule has 0 radical (unpaired) electrons. The largest absolute Gasteiger partial charge is 0.493 e. The van der Waals surface area contributed by atoms with Crippen LogP contribution in [0.4, 0.5) is 13.2 Å². The highest BCUT2D eigenvalue weighted by Crippen LogP contribution is 2.74. The number of carbonyl (C=O) groups excluding carboxylic acids is 1. The van der Waals surface area contributed by atoms with E-state index in [1.54, 1.807) is 12.1 Å². The maximum absolute atomic E-state index is 12.8. The number of carbonyl (C=O) groups is 1. The zero-order valence-electron chi connectivity index (χ0n) is 10.8. The molecular formula is C14H13F3O3. The summed E-state index contributed by atoms with van der Waals surface area (Å²) in [5.41, 5.74) is -1.90. The van der Waals surface area contributed by atoms with Crippen molar-refractivity contribution in [3.8, 4) is 11.5 Å². The minimum Gasteiger partial charge on any atom is -0.493 e. The van der Waals surface area contributed by atoms with E-state index in [9.17, 15) is 18.0 Å². The topological polar surface area (TPSA) is 35.5 Å². The Balaban J connectivity index is 1.77. The third-order valence-electron chi connectivity index (χ3n) is 4.23. The fourth-order valence-electron chi connectivity index (χ4n) is 3.18. The van der Waals surface area contributed by atoms with Crippen molar-refractivity contribution in [2.24, 2.45) is 5.41 Å². The van der Waals surface area contributed by atoms with Gasteiger partial charge in [-0.25, -0.2) is 0 Å². The van der Waals surface area contributed by atoms with Gasteiger partial charge in [-0.05, 0) is 18.2 Å². The van der Waals surface area contributed by atoms with Gasteiger partial charge in [-0.3, -0.25) is 4.79 Å². The van der Waals surface area contributed by atoms with Crippen molar-refractivity contribution < 1.29 is 27.4 Å². The molecule has 1 aromatic carbocycles. The Morgan fingerprint density at radius 3 is 2.35 bits per heavy atom. The molecule has 0 aliphatic heterocycles. The van der Waals surface area contributed by atoms with Gasteiger partial charge < -0.3 is 9.47 Å². The van der Waals surface area contributed by atoms with Crippen LogP contribution in [0.1, 0.15) is 29.6 Å². The fraction of sp³-hybridized carbons (Fsp3) is 0.500. The summed E-state index contributed by atoms with van der Waals surface area (Å²) in [6.45, 7) is 0. The number of ether oxygens (including phenoxy) is 2. The van der Waals surface area contributed by atoms with Crippen molar-refractivity contribution in [2.75, 3.05) is 7.11 Å². The molecule has 3 nitrogen and oxygen atoms in total. The third-order valence-corrected chi connectivity index (χ3v) is 4.23. The minimum absolute atomic E-state index is 0.0159. The lowest BCUT2D eigenvalue weighted by Gasteiger charge is -2.68. The van der Waals surface area contributed by atoms with E-state index in [2.05, 4.69) is 0 Å². The molecule has 0 saturated heterocycles. The molecule has 0 amide bonds. The molecule has 0 atom stereocenters. The Bertz CT molecular complexity index is 545. The second-order valence-corrected chi connectivity index (χ2v) is 5.62. The molecule has 3 fully saturated rings. The van der Waals surface area contributed by atoms with Gasteiger partial charge in [0.1, 0.15) is 11.9 Å². The summed E-state index contributed by atoms with van der Waals surface area (Å²) in [5, 5.41) is 0. The lowest BCUT2D eigenvalue weighted by molar-refractivity contribution is -0.373. The van der Waals surface area contributed by atoms with Crippen molar-refractivity contribution in [1.82, 2.24) is 0 Å². The highest BCUT2D eigenvalue weighted by Gasteiger charge is 2.80. The predicted octanol–water partition coefficient (Wildman–Crippen LogP) is 3.37. The molecule has 3 aliphatic carbocycles. The average molecular weight is 286 g/mol. The highest BCUT2D eigenvalue weighted by atomic mass is 19.4. The molecule has 0 aromatic heterocycles. The van der Waals surface area contributed by atoms with E-state index >= 15 is 0 Å². The van der Waals surface area contributed by atoms with Crippen LogP contribution >= 0.6 is 0 Å². The van der Waals surface area contributed by atoms with Gasteiger partial charge in [-0.15, -0.1) is 0 Å². The molecule has 108 valence electrons. The Labute approximate surface area is 113 Å². The maximum Gasteiger partial charge on any atom is 0.394 e. The predicted molar refractivity (Wildman–Crippen MR) is 64.1 cm³/mol. The molecule has 0 spiro atoms. The van der Waals surface area contributed by atoms with Crippen molar-refractivity contribution in [3.63, 3.8) is 0 Å². The number of methoxy groups -OCH3 is 1. The first-order valence-corrected chi connectivity index (χ1v) is 6.22. The monoisotopic (exact) mass is 286 g/mol. The molecule has 0 N–H and O–H groups in total. The van der Waals surface area contributed by atoms with Gasteiger partial charge in [-0.1, -0.05) is 0 Å². The molecule has 1 aromatic rings. The number of halogens is 3. The van der Waals surface area contributed by atoms with Gasteiger partial charge in [0.05, 0.1) is 12.5 Å². The number of alkyl halides is 3. The number of hydrogen-bond acceptors (Lipinski definition) is 3. The van der Waals surface area contributed by atoms with E-state index in [4.69, 9.17) is 9.47 Å². The zero-order chi connectivity index (χ0) is 14.6. The molecule has 0 unspecified atom stereocenters. The quantitative estimate of drug-likeness (QED) is 0.796. The van der Waals surface area contributed by atoms with Gasteiger partial charge >= 0.3 is 6.18 Å². The minimum atomic E-state index is -4.16. The second-order valence-electron chi connectivity index (χ2n) is 5.62. The van der Waals surface area contributed by atoms with Gasteiger partial charge in [0.25, 0.3) is 0 Å². The maximum atomic E-state index is 12.8. The molecule has 4 rings (SSSR count). The Hall–Kier alpha value is -1.72. The molecule has 3 saturated carbocycles. The smallest absolute Gasteiger partial charge is 0.394 e. The normalized spacial score (nSPS) is 31.0. The van der Waals surface area contributed by atoms with E-state index in [0.29, 0.717) is 23.3 Å². The summed E-state index contributed by atoms with van der Waals surface area (Å²) >= 11 is 0. The van der Waals surface area contributed by atoms with Crippen LogP contribution in [-0.4, -0.2) is 25.2 Å². The van der Waals surface area contributed by atoms with E-state index in [-0.39, 0.29) is 19.3 Å². The lowest BCUT2D eigenvalue weighted by atomic mass is 9.40. The van der Waals surface area contributed by atoms with Crippen molar-refractivity contribution in [2.45, 2.75) is 31.0 Å². The molecule has 20 heavy (non-hydrogen) atoms. The van der Waals surface area contributed by atoms with Gasteiger partial charge in [0, 0.05) is 24.8 Å². The standard InChI is InChI=1S/C14H13F3O3/c1-19-10-3-2-9(5-18)4-11(10)20-13-6-12(7-13,8-13)14(15,16)17/h2-5H,6-8H2,1H3. The highest BCUT2D eigenvalue weighted by molar-refractivity contribution is 5.76. The van der Waals surface area contributed by atoms with Crippen LogP contribution in [0.15, 0.2) is 18.2 Å². The number of rotatable bonds is 4. The molecular weight excluding hydrogens is 273 g/mol. The molecule has 0 heterocycles. The zero-order valence-corrected chi connectivity index (χ0v) is 10.8. The van der Waals surface area contributed by atoms with E-state index in [1.807, 2.05) is 0 Å². The van der Waals surface area contributed by atoms with Crippen molar-refractivity contribution >= 4 is 6.29 Å². The second kappa shape index (κ2) is 3.90. The number of hydrogen-bond donors (Lipinski definition) is 0. The van der Waals surface area contributed by atoms with Crippen LogP contribution in [0.25, 0.3) is 0 Å².